The first-order chi connectivity index (χ1) is 12.6. The molecule has 26 heavy (non-hydrogen) atoms. The highest BCUT2D eigenvalue weighted by atomic mass is 32.1. The first-order valence-electron chi connectivity index (χ1n) is 8.52. The van der Waals surface area contributed by atoms with Gasteiger partial charge in [-0.2, -0.15) is 5.10 Å². The maximum Gasteiger partial charge on any atom is 0.220 e. The SMILES string of the molecule is Cc1ccc(C(=O)CCC(=O)NCc2ccccc2Cn2cccn2)s1. The first kappa shape index (κ1) is 18.1. The second kappa shape index (κ2) is 8.58. The number of nitrogens with zero attached hydrogens (tertiary/aromatic N) is 2. The summed E-state index contributed by atoms with van der Waals surface area (Å²) in [5.74, 6) is -0.0853. The van der Waals surface area contributed by atoms with Gasteiger partial charge in [-0.1, -0.05) is 24.3 Å². The van der Waals surface area contributed by atoms with Crippen LogP contribution < -0.4 is 5.32 Å². The number of ketones is 1. The Balaban J connectivity index is 1.51. The average molecular weight is 367 g/mol. The minimum atomic E-state index is -0.111. The summed E-state index contributed by atoms with van der Waals surface area (Å²) in [5, 5.41) is 7.13. The number of thiophene rings is 1. The number of hydrogen-bond acceptors (Lipinski definition) is 4. The van der Waals surface area contributed by atoms with Crippen LogP contribution in [0, 0.1) is 6.92 Å². The lowest BCUT2D eigenvalue weighted by Gasteiger charge is -2.11. The molecular weight excluding hydrogens is 346 g/mol. The largest absolute Gasteiger partial charge is 0.352 e. The van der Waals surface area contributed by atoms with E-state index in [0.717, 1.165) is 20.9 Å². The van der Waals surface area contributed by atoms with Gasteiger partial charge in [0.15, 0.2) is 5.78 Å². The van der Waals surface area contributed by atoms with Gasteiger partial charge in [0.2, 0.25) is 5.91 Å². The lowest BCUT2D eigenvalue weighted by molar-refractivity contribution is -0.121. The van der Waals surface area contributed by atoms with Crippen molar-refractivity contribution in [3.8, 4) is 0 Å². The molecule has 0 atom stereocenters. The fraction of sp³-hybridized carbons (Fsp3) is 0.250. The van der Waals surface area contributed by atoms with Crippen molar-refractivity contribution in [3.05, 3.63) is 75.7 Å². The van der Waals surface area contributed by atoms with Crippen LogP contribution in [0.2, 0.25) is 0 Å². The molecule has 5 nitrogen and oxygen atoms in total. The van der Waals surface area contributed by atoms with Gasteiger partial charge in [-0.25, -0.2) is 0 Å². The molecule has 0 bridgehead atoms. The van der Waals surface area contributed by atoms with Crippen molar-refractivity contribution in [1.82, 2.24) is 15.1 Å². The van der Waals surface area contributed by atoms with Crippen molar-refractivity contribution in [2.24, 2.45) is 0 Å². The van der Waals surface area contributed by atoms with E-state index in [-0.39, 0.29) is 24.5 Å². The third kappa shape index (κ3) is 4.89. The van der Waals surface area contributed by atoms with Crippen LogP contribution in [0.5, 0.6) is 0 Å². The monoisotopic (exact) mass is 367 g/mol. The topological polar surface area (TPSA) is 64.0 Å². The van der Waals surface area contributed by atoms with Crippen molar-refractivity contribution in [1.29, 1.82) is 0 Å². The Morgan fingerprint density at radius 2 is 1.88 bits per heavy atom. The van der Waals surface area contributed by atoms with Gasteiger partial charge in [0.25, 0.3) is 0 Å². The molecule has 2 heterocycles. The number of aromatic nitrogens is 2. The van der Waals surface area contributed by atoms with Gasteiger partial charge in [0, 0.05) is 36.7 Å². The maximum atomic E-state index is 12.1. The summed E-state index contributed by atoms with van der Waals surface area (Å²) in [7, 11) is 0. The summed E-state index contributed by atoms with van der Waals surface area (Å²) >= 11 is 1.47. The molecule has 0 spiro atoms. The molecular formula is C20H21N3O2S. The average Bonchev–Trinajstić information content (AvgIpc) is 3.30. The second-order valence-electron chi connectivity index (χ2n) is 6.08. The first-order valence-corrected chi connectivity index (χ1v) is 9.34. The van der Waals surface area contributed by atoms with Crippen LogP contribution in [0.1, 0.15) is 38.5 Å². The van der Waals surface area contributed by atoms with Gasteiger partial charge in [-0.15, -0.1) is 11.3 Å². The molecule has 1 aromatic carbocycles. The van der Waals surface area contributed by atoms with Gasteiger partial charge in [-0.05, 0) is 36.2 Å². The summed E-state index contributed by atoms with van der Waals surface area (Å²) in [6.07, 6.45) is 4.10. The standard InChI is InChI=1S/C20H21N3O2S/c1-15-7-9-19(26-15)18(24)8-10-20(25)21-13-16-5-2-3-6-17(16)14-23-12-4-11-22-23/h2-7,9,11-12H,8,10,13-14H2,1H3,(H,21,25). The molecule has 1 amide bonds. The molecule has 0 unspecified atom stereocenters. The van der Waals surface area contributed by atoms with Crippen molar-refractivity contribution < 1.29 is 9.59 Å². The van der Waals surface area contributed by atoms with E-state index < -0.39 is 0 Å². The van der Waals surface area contributed by atoms with Crippen molar-refractivity contribution in [2.75, 3.05) is 0 Å². The molecule has 134 valence electrons. The zero-order chi connectivity index (χ0) is 18.4. The Hall–Kier alpha value is -2.73. The number of nitrogens with one attached hydrogen (secondary N) is 1. The van der Waals surface area contributed by atoms with Gasteiger partial charge in [0.05, 0.1) is 11.4 Å². The predicted molar refractivity (Wildman–Crippen MR) is 102 cm³/mol. The lowest BCUT2D eigenvalue weighted by atomic mass is 10.1. The van der Waals surface area contributed by atoms with E-state index in [9.17, 15) is 9.59 Å². The third-order valence-electron chi connectivity index (χ3n) is 4.08. The maximum absolute atomic E-state index is 12.1. The fourth-order valence-electron chi connectivity index (χ4n) is 2.67. The lowest BCUT2D eigenvalue weighted by Crippen LogP contribution is -2.24. The fourth-order valence-corrected chi connectivity index (χ4v) is 3.50. The molecule has 2 aromatic heterocycles. The van der Waals surface area contributed by atoms with Gasteiger partial charge < -0.3 is 5.32 Å². The van der Waals surface area contributed by atoms with Crippen molar-refractivity contribution in [3.63, 3.8) is 0 Å². The Morgan fingerprint density at radius 3 is 2.58 bits per heavy atom. The van der Waals surface area contributed by atoms with Crippen LogP contribution in [0.15, 0.2) is 54.9 Å². The number of Topliss-reactive ketones (excluding diaryl/α,β-unsaturated/α-hetero) is 1. The number of carbonyl (C=O) groups is 2. The van der Waals surface area contributed by atoms with Crippen molar-refractivity contribution in [2.45, 2.75) is 32.9 Å². The highest BCUT2D eigenvalue weighted by Gasteiger charge is 2.11. The number of amides is 1. The van der Waals surface area contributed by atoms with Crippen LogP contribution in [-0.2, 0) is 17.9 Å². The number of rotatable bonds is 8. The van der Waals surface area contributed by atoms with E-state index in [1.165, 1.54) is 11.3 Å². The molecule has 0 fully saturated rings. The van der Waals surface area contributed by atoms with E-state index in [1.807, 2.05) is 60.3 Å². The molecule has 6 heteroatoms. The molecule has 3 aromatic rings. The van der Waals surface area contributed by atoms with E-state index in [1.54, 1.807) is 6.20 Å². The Labute approximate surface area is 156 Å². The number of benzene rings is 1. The molecule has 0 aliphatic carbocycles. The van der Waals surface area contributed by atoms with E-state index >= 15 is 0 Å². The summed E-state index contributed by atoms with van der Waals surface area (Å²) in [6.45, 7) is 3.08. The summed E-state index contributed by atoms with van der Waals surface area (Å²) in [6, 6.07) is 13.6. The number of hydrogen-bond donors (Lipinski definition) is 1. The summed E-state index contributed by atoms with van der Waals surface area (Å²) in [4.78, 5) is 26.0. The van der Waals surface area contributed by atoms with Gasteiger partial charge in [0.1, 0.15) is 0 Å². The third-order valence-corrected chi connectivity index (χ3v) is 5.12. The molecule has 0 radical (unpaired) electrons. The smallest absolute Gasteiger partial charge is 0.220 e. The van der Waals surface area contributed by atoms with Crippen molar-refractivity contribution >= 4 is 23.0 Å². The zero-order valence-electron chi connectivity index (χ0n) is 14.6. The summed E-state index contributed by atoms with van der Waals surface area (Å²) < 4.78 is 1.85. The zero-order valence-corrected chi connectivity index (χ0v) is 15.5. The Morgan fingerprint density at radius 1 is 1.08 bits per heavy atom. The van der Waals surface area contributed by atoms with Gasteiger partial charge in [-0.3, -0.25) is 14.3 Å². The van der Waals surface area contributed by atoms with E-state index in [2.05, 4.69) is 10.4 Å². The number of carbonyl (C=O) groups excluding carboxylic acids is 2. The van der Waals surface area contributed by atoms with Crippen LogP contribution in [0.3, 0.4) is 0 Å². The molecule has 0 saturated heterocycles. The Bertz CT molecular complexity index is 884. The van der Waals surface area contributed by atoms with E-state index in [4.69, 9.17) is 0 Å². The highest BCUT2D eigenvalue weighted by molar-refractivity contribution is 7.14. The predicted octanol–water partition coefficient (Wildman–Crippen LogP) is 3.58. The molecule has 0 saturated carbocycles. The van der Waals surface area contributed by atoms with E-state index in [0.29, 0.717) is 13.1 Å². The minimum absolute atomic E-state index is 0.0253. The molecule has 0 aliphatic heterocycles. The second-order valence-corrected chi connectivity index (χ2v) is 7.37. The van der Waals surface area contributed by atoms with Crippen LogP contribution in [0.4, 0.5) is 0 Å². The molecule has 0 aliphatic rings. The summed E-state index contributed by atoms with van der Waals surface area (Å²) in [5.41, 5.74) is 2.16. The normalized spacial score (nSPS) is 10.7. The molecule has 1 N–H and O–H groups in total. The van der Waals surface area contributed by atoms with Gasteiger partial charge >= 0.3 is 0 Å². The van der Waals surface area contributed by atoms with Crippen LogP contribution in [0.25, 0.3) is 0 Å². The van der Waals surface area contributed by atoms with Crippen LogP contribution in [-0.4, -0.2) is 21.5 Å². The number of aryl methyl sites for hydroxylation is 1. The highest BCUT2D eigenvalue weighted by Crippen LogP contribution is 2.17. The molecule has 3 rings (SSSR count). The quantitative estimate of drug-likeness (QED) is 0.619. The van der Waals surface area contributed by atoms with Crippen LogP contribution >= 0.6 is 11.3 Å². The Kier molecular flexibility index (Phi) is 5.96. The minimum Gasteiger partial charge on any atom is -0.352 e.